The molecule has 0 aromatic carbocycles. The van der Waals surface area contributed by atoms with Crippen LogP contribution in [-0.4, -0.2) is 34.4 Å². The van der Waals surface area contributed by atoms with Crippen LogP contribution in [0.25, 0.3) is 0 Å². The van der Waals surface area contributed by atoms with Crippen molar-refractivity contribution in [1.29, 1.82) is 0 Å². The number of carbonyl (C=O) groups is 1. The quantitative estimate of drug-likeness (QED) is 0.523. The SMILES string of the molecule is C#CCOP(=O)(OCC#C)C(=O)NS(=O)(=O)OC. The third-order valence-corrected chi connectivity index (χ3v) is 3.89. The lowest BCUT2D eigenvalue weighted by molar-refractivity contribution is 0.222. The van der Waals surface area contributed by atoms with Crippen molar-refractivity contribution in [2.75, 3.05) is 20.3 Å². The third-order valence-electron chi connectivity index (χ3n) is 1.32. The first-order valence-electron chi connectivity index (χ1n) is 4.20. The molecule has 0 aliphatic carbocycles. The molecule has 0 atom stereocenters. The second kappa shape index (κ2) is 7.17. The molecule has 0 aromatic rings. The lowest BCUT2D eigenvalue weighted by Gasteiger charge is -2.14. The number of carbonyl (C=O) groups excluding carboxylic acids is 1. The molecule has 0 heterocycles. The van der Waals surface area contributed by atoms with E-state index < -0.39 is 36.8 Å². The van der Waals surface area contributed by atoms with E-state index in [0.717, 1.165) is 7.11 Å². The molecule has 0 bridgehead atoms. The minimum absolute atomic E-state index is 0.525. The molecule has 18 heavy (non-hydrogen) atoms. The Labute approximate surface area is 105 Å². The second-order valence-corrected chi connectivity index (χ2v) is 5.84. The predicted molar refractivity (Wildman–Crippen MR) is 61.6 cm³/mol. The summed E-state index contributed by atoms with van der Waals surface area (Å²) in [5.41, 5.74) is -1.55. The van der Waals surface area contributed by atoms with E-state index in [1.54, 1.807) is 0 Å². The predicted octanol–water partition coefficient (Wildman–Crippen LogP) is 0.0799. The molecular weight excluding hydrogens is 285 g/mol. The summed E-state index contributed by atoms with van der Waals surface area (Å²) in [5, 5.41) is 0. The number of terminal acetylenes is 2. The molecule has 0 aromatic heterocycles. The van der Waals surface area contributed by atoms with E-state index in [1.807, 2.05) is 11.8 Å². The van der Waals surface area contributed by atoms with E-state index in [4.69, 9.17) is 12.8 Å². The van der Waals surface area contributed by atoms with Gasteiger partial charge < -0.3 is 0 Å². The number of rotatable bonds is 7. The summed E-state index contributed by atoms with van der Waals surface area (Å²) in [4.78, 5) is 11.4. The smallest absolute Gasteiger partial charge is 0.289 e. The fourth-order valence-electron chi connectivity index (χ4n) is 0.604. The van der Waals surface area contributed by atoms with Crippen LogP contribution in [0.5, 0.6) is 0 Å². The molecular formula is C8H10NO7PS. The van der Waals surface area contributed by atoms with E-state index in [2.05, 4.69) is 13.2 Å². The van der Waals surface area contributed by atoms with Gasteiger partial charge in [0.05, 0.1) is 7.11 Å². The molecule has 0 spiro atoms. The Morgan fingerprint density at radius 1 is 1.28 bits per heavy atom. The van der Waals surface area contributed by atoms with Crippen LogP contribution >= 0.6 is 7.60 Å². The highest BCUT2D eigenvalue weighted by molar-refractivity contribution is 7.87. The first-order chi connectivity index (χ1) is 8.31. The van der Waals surface area contributed by atoms with E-state index in [0.29, 0.717) is 0 Å². The summed E-state index contributed by atoms with van der Waals surface area (Å²) in [6.07, 6.45) is 9.70. The van der Waals surface area contributed by atoms with Gasteiger partial charge in [-0.2, -0.15) is 8.42 Å². The van der Waals surface area contributed by atoms with E-state index in [1.165, 1.54) is 4.72 Å². The van der Waals surface area contributed by atoms with E-state index >= 15 is 0 Å². The maximum Gasteiger partial charge on any atom is 0.421 e. The van der Waals surface area contributed by atoms with Gasteiger partial charge >= 0.3 is 23.5 Å². The average Bonchev–Trinajstić information content (AvgIpc) is 2.33. The Hall–Kier alpha value is -1.35. The van der Waals surface area contributed by atoms with Gasteiger partial charge in [-0.05, 0) is 0 Å². The lowest BCUT2D eigenvalue weighted by atomic mass is 10.8. The summed E-state index contributed by atoms with van der Waals surface area (Å²) in [7, 11) is -8.04. The average molecular weight is 295 g/mol. The maximum absolute atomic E-state index is 11.9. The number of nitrogens with one attached hydrogen (secondary N) is 1. The largest absolute Gasteiger partial charge is 0.421 e. The van der Waals surface area contributed by atoms with Gasteiger partial charge in [0.1, 0.15) is 13.2 Å². The zero-order chi connectivity index (χ0) is 14.2. The van der Waals surface area contributed by atoms with Gasteiger partial charge in [0, 0.05) is 0 Å². The van der Waals surface area contributed by atoms with Gasteiger partial charge in [-0.3, -0.25) is 18.0 Å². The molecule has 8 nitrogen and oxygen atoms in total. The van der Waals surface area contributed by atoms with Crippen molar-refractivity contribution in [1.82, 2.24) is 4.72 Å². The van der Waals surface area contributed by atoms with Crippen molar-refractivity contribution in [2.24, 2.45) is 0 Å². The van der Waals surface area contributed by atoms with Crippen LogP contribution in [0.3, 0.4) is 0 Å². The summed E-state index contributed by atoms with van der Waals surface area (Å²) < 4.78 is 48.0. The zero-order valence-corrected chi connectivity index (χ0v) is 11.0. The van der Waals surface area contributed by atoms with Crippen molar-refractivity contribution < 1.29 is 31.0 Å². The topological polar surface area (TPSA) is 108 Å². The Kier molecular flexibility index (Phi) is 6.63. The lowest BCUT2D eigenvalue weighted by Crippen LogP contribution is -2.31. The Balaban J connectivity index is 4.99. The fourth-order valence-corrected chi connectivity index (χ4v) is 2.48. The first-order valence-corrected chi connectivity index (χ1v) is 7.15. The molecule has 0 aliphatic heterocycles. The van der Waals surface area contributed by atoms with Gasteiger partial charge in [0.25, 0.3) is 0 Å². The van der Waals surface area contributed by atoms with Crippen LogP contribution in [0.4, 0.5) is 4.79 Å². The number of hydrogen-bond acceptors (Lipinski definition) is 7. The molecule has 0 saturated carbocycles. The van der Waals surface area contributed by atoms with Crippen LogP contribution in [0.15, 0.2) is 0 Å². The highest BCUT2D eigenvalue weighted by Crippen LogP contribution is 2.48. The molecule has 0 radical (unpaired) electrons. The van der Waals surface area contributed by atoms with Crippen LogP contribution in [0.2, 0.25) is 0 Å². The maximum atomic E-state index is 11.9. The molecule has 0 unspecified atom stereocenters. The van der Waals surface area contributed by atoms with Gasteiger partial charge in [0.15, 0.2) is 0 Å². The minimum atomic E-state index is -4.45. The van der Waals surface area contributed by atoms with Crippen molar-refractivity contribution >= 4 is 23.5 Å². The van der Waals surface area contributed by atoms with Crippen molar-refractivity contribution in [3.05, 3.63) is 0 Å². The third kappa shape index (κ3) is 5.32. The molecule has 1 amide bonds. The van der Waals surface area contributed by atoms with E-state index in [-0.39, 0.29) is 0 Å². The summed E-state index contributed by atoms with van der Waals surface area (Å²) in [6, 6.07) is 0. The van der Waals surface area contributed by atoms with Crippen molar-refractivity contribution in [2.45, 2.75) is 0 Å². The summed E-state index contributed by atoms with van der Waals surface area (Å²) in [6.45, 7) is -1.05. The Morgan fingerprint density at radius 3 is 2.06 bits per heavy atom. The zero-order valence-electron chi connectivity index (χ0n) is 9.28. The summed E-state index contributed by atoms with van der Waals surface area (Å²) in [5.74, 6) is 3.89. The first kappa shape index (κ1) is 16.6. The highest BCUT2D eigenvalue weighted by Gasteiger charge is 2.37. The highest BCUT2D eigenvalue weighted by atomic mass is 32.2. The van der Waals surface area contributed by atoms with Gasteiger partial charge in [-0.1, -0.05) is 11.8 Å². The fraction of sp³-hybridized carbons (Fsp3) is 0.375. The second-order valence-electron chi connectivity index (χ2n) is 2.48. The van der Waals surface area contributed by atoms with Gasteiger partial charge in [-0.15, -0.1) is 12.8 Å². The molecule has 0 fully saturated rings. The standard InChI is InChI=1S/C8H10NO7PS/c1-4-6-15-17(11,16-7-5-2)8(10)9-18(12,13)14-3/h1-2H,6-7H2,3H3,(H,9,10). The van der Waals surface area contributed by atoms with Crippen molar-refractivity contribution in [3.63, 3.8) is 0 Å². The Bertz CT molecular complexity index is 505. The molecule has 0 aliphatic rings. The Morgan fingerprint density at radius 2 is 1.72 bits per heavy atom. The number of hydrogen-bond donors (Lipinski definition) is 1. The molecule has 0 rings (SSSR count). The van der Waals surface area contributed by atoms with Crippen LogP contribution in [0.1, 0.15) is 0 Å². The van der Waals surface area contributed by atoms with Gasteiger partial charge in [0.2, 0.25) is 0 Å². The summed E-state index contributed by atoms with van der Waals surface area (Å²) >= 11 is 0. The minimum Gasteiger partial charge on any atom is -0.289 e. The van der Waals surface area contributed by atoms with Crippen molar-refractivity contribution in [3.8, 4) is 24.7 Å². The van der Waals surface area contributed by atoms with E-state index in [9.17, 15) is 17.8 Å². The monoisotopic (exact) mass is 295 g/mol. The van der Waals surface area contributed by atoms with Crippen LogP contribution in [0, 0.1) is 24.7 Å². The molecule has 10 heteroatoms. The molecule has 0 saturated heterocycles. The normalized spacial score (nSPS) is 11.3. The molecule has 1 N–H and O–H groups in total. The van der Waals surface area contributed by atoms with Crippen LogP contribution < -0.4 is 4.72 Å². The number of amides is 1. The van der Waals surface area contributed by atoms with Gasteiger partial charge in [-0.25, -0.2) is 9.29 Å². The molecule has 100 valence electrons. The van der Waals surface area contributed by atoms with Crippen LogP contribution in [-0.2, 0) is 28.1 Å².